The van der Waals surface area contributed by atoms with E-state index in [9.17, 15) is 19.7 Å². The minimum atomic E-state index is -0.891. The Hall–Kier alpha value is -4.18. The van der Waals surface area contributed by atoms with Gasteiger partial charge in [-0.15, -0.1) is 0 Å². The largest absolute Gasteiger partial charge is 0.466 e. The average Bonchev–Trinajstić information content (AvgIpc) is 3.27. The van der Waals surface area contributed by atoms with Crippen molar-refractivity contribution in [2.75, 3.05) is 32.6 Å². The fraction of sp³-hybridized carbons (Fsp3) is 0.379. The highest BCUT2D eigenvalue weighted by molar-refractivity contribution is 6.00. The Balaban J connectivity index is 1.60. The van der Waals surface area contributed by atoms with Gasteiger partial charge in [-0.2, -0.15) is 0 Å². The molecule has 1 saturated heterocycles. The fourth-order valence-electron chi connectivity index (χ4n) is 5.35. The number of rotatable bonds is 8. The predicted octanol–water partition coefficient (Wildman–Crippen LogP) is 4.25. The molecule has 0 bridgehead atoms. The molecule has 4 rings (SSSR count). The van der Waals surface area contributed by atoms with Crippen molar-refractivity contribution in [2.24, 2.45) is 0 Å². The van der Waals surface area contributed by atoms with Crippen molar-refractivity contribution in [1.29, 1.82) is 0 Å². The van der Waals surface area contributed by atoms with Gasteiger partial charge in [-0.05, 0) is 44.0 Å². The second-order valence-electron chi connectivity index (χ2n) is 10.2. The number of allylic oxidation sites excluding steroid dienone is 2. The average molecular weight is 535 g/mol. The minimum absolute atomic E-state index is 0.139. The third-order valence-electron chi connectivity index (χ3n) is 7.30. The smallest absolute Gasteiger partial charge is 0.337 e. The standard InChI is InChI=1S/C29H34N4O6/c1-18-24(27(34)38-5)26(21-7-6-8-23(15-21)33(36)37)25(19(2)31-18)28(35)39-29(3)13-14-32(17-29)16-20-9-11-22(30-4)12-10-20/h6-12,15,26,30-31H,13-14,16-17H2,1-5H3. The number of nitrogens with zero attached hydrogens (tertiary/aromatic N) is 2. The molecule has 10 nitrogen and oxygen atoms in total. The van der Waals surface area contributed by atoms with Gasteiger partial charge in [0.1, 0.15) is 5.60 Å². The molecule has 0 aromatic heterocycles. The van der Waals surface area contributed by atoms with Crippen LogP contribution in [0.3, 0.4) is 0 Å². The molecule has 0 amide bonds. The molecule has 0 spiro atoms. The number of non-ortho nitro benzene ring substituents is 1. The van der Waals surface area contributed by atoms with Crippen LogP contribution in [-0.2, 0) is 25.6 Å². The highest BCUT2D eigenvalue weighted by atomic mass is 16.6. The molecule has 2 aromatic carbocycles. The van der Waals surface area contributed by atoms with E-state index in [4.69, 9.17) is 9.47 Å². The SMILES string of the molecule is CNc1ccc(CN2CCC(C)(OC(=O)C3=C(C)NC(C)=C(C(=O)OC)C3c3cccc([N+](=O)[O-])c3)C2)cc1. The Morgan fingerprint density at radius 2 is 1.79 bits per heavy atom. The van der Waals surface area contributed by atoms with Crippen molar-refractivity contribution in [3.63, 3.8) is 0 Å². The summed E-state index contributed by atoms with van der Waals surface area (Å²) in [5, 5.41) is 17.7. The Morgan fingerprint density at radius 3 is 2.41 bits per heavy atom. The van der Waals surface area contributed by atoms with Gasteiger partial charge in [-0.1, -0.05) is 24.3 Å². The molecule has 0 saturated carbocycles. The van der Waals surface area contributed by atoms with E-state index in [-0.39, 0.29) is 16.8 Å². The van der Waals surface area contributed by atoms with Crippen LogP contribution < -0.4 is 10.6 Å². The molecule has 2 N–H and O–H groups in total. The van der Waals surface area contributed by atoms with Crippen LogP contribution in [-0.4, -0.2) is 54.6 Å². The number of nitro groups is 1. The summed E-state index contributed by atoms with van der Waals surface area (Å²) in [5.41, 5.74) is 3.21. The van der Waals surface area contributed by atoms with Crippen LogP contribution in [0.15, 0.2) is 71.1 Å². The Morgan fingerprint density at radius 1 is 1.13 bits per heavy atom. The molecule has 2 atom stereocenters. The van der Waals surface area contributed by atoms with Gasteiger partial charge < -0.3 is 20.1 Å². The van der Waals surface area contributed by atoms with E-state index in [1.807, 2.05) is 26.1 Å². The molecule has 39 heavy (non-hydrogen) atoms. The number of methoxy groups -OCH3 is 1. The maximum atomic E-state index is 13.8. The summed E-state index contributed by atoms with van der Waals surface area (Å²) in [6, 6.07) is 14.1. The molecule has 10 heteroatoms. The lowest BCUT2D eigenvalue weighted by molar-refractivity contribution is -0.384. The van der Waals surface area contributed by atoms with E-state index in [0.29, 0.717) is 29.9 Å². The summed E-state index contributed by atoms with van der Waals surface area (Å²) in [7, 11) is 3.14. The zero-order chi connectivity index (χ0) is 28.3. The molecular weight excluding hydrogens is 500 g/mol. The van der Waals surface area contributed by atoms with Gasteiger partial charge in [0.05, 0.1) is 29.1 Å². The number of ether oxygens (including phenoxy) is 2. The first kappa shape index (κ1) is 27.8. The lowest BCUT2D eigenvalue weighted by Crippen LogP contribution is -2.38. The molecule has 2 aromatic rings. The second kappa shape index (κ2) is 11.3. The quantitative estimate of drug-likeness (QED) is 0.291. The molecule has 206 valence electrons. The summed E-state index contributed by atoms with van der Waals surface area (Å²) >= 11 is 0. The topological polar surface area (TPSA) is 123 Å². The fourth-order valence-corrected chi connectivity index (χ4v) is 5.35. The van der Waals surface area contributed by atoms with Gasteiger partial charge in [-0.25, -0.2) is 9.59 Å². The van der Waals surface area contributed by atoms with Gasteiger partial charge in [0.25, 0.3) is 5.69 Å². The van der Waals surface area contributed by atoms with Crippen LogP contribution in [0.4, 0.5) is 11.4 Å². The van der Waals surface area contributed by atoms with Crippen LogP contribution in [0.2, 0.25) is 0 Å². The molecular formula is C29H34N4O6. The molecule has 2 aliphatic heterocycles. The van der Waals surface area contributed by atoms with Crippen molar-refractivity contribution in [3.05, 3.63) is 92.3 Å². The van der Waals surface area contributed by atoms with E-state index in [1.54, 1.807) is 19.9 Å². The maximum absolute atomic E-state index is 13.8. The maximum Gasteiger partial charge on any atom is 0.337 e. The number of hydrogen-bond acceptors (Lipinski definition) is 9. The van der Waals surface area contributed by atoms with E-state index >= 15 is 0 Å². The molecule has 2 unspecified atom stereocenters. The molecule has 0 aliphatic carbocycles. The second-order valence-corrected chi connectivity index (χ2v) is 10.2. The number of likely N-dealkylation sites (tertiary alicyclic amines) is 1. The minimum Gasteiger partial charge on any atom is -0.466 e. The number of esters is 2. The van der Waals surface area contributed by atoms with E-state index in [1.165, 1.54) is 25.3 Å². The summed E-state index contributed by atoms with van der Waals surface area (Å²) < 4.78 is 11.2. The number of carbonyl (C=O) groups is 2. The van der Waals surface area contributed by atoms with Crippen molar-refractivity contribution in [3.8, 4) is 0 Å². The highest BCUT2D eigenvalue weighted by Gasteiger charge is 2.43. The first-order chi connectivity index (χ1) is 18.5. The number of dihydropyridines is 1. The summed E-state index contributed by atoms with van der Waals surface area (Å²) in [6.07, 6.45) is 0.646. The predicted molar refractivity (Wildman–Crippen MR) is 147 cm³/mol. The first-order valence-electron chi connectivity index (χ1n) is 12.8. The zero-order valence-electron chi connectivity index (χ0n) is 22.9. The number of carbonyl (C=O) groups excluding carboxylic acids is 2. The van der Waals surface area contributed by atoms with Crippen LogP contribution in [0, 0.1) is 10.1 Å². The number of hydrogen-bond donors (Lipinski definition) is 2. The number of nitro benzene ring substituents is 1. The number of nitrogens with one attached hydrogen (secondary N) is 2. The summed E-state index contributed by atoms with van der Waals surface area (Å²) in [5.74, 6) is -2.09. The van der Waals surface area contributed by atoms with E-state index in [0.717, 1.165) is 24.3 Å². The summed E-state index contributed by atoms with van der Waals surface area (Å²) in [6.45, 7) is 7.39. The Bertz CT molecular complexity index is 1350. The number of anilines is 1. The van der Waals surface area contributed by atoms with Crippen LogP contribution >= 0.6 is 0 Å². The Kier molecular flexibility index (Phi) is 8.06. The van der Waals surface area contributed by atoms with Crippen molar-refractivity contribution >= 4 is 23.3 Å². The first-order valence-corrected chi connectivity index (χ1v) is 12.8. The zero-order valence-corrected chi connectivity index (χ0v) is 22.9. The molecule has 1 fully saturated rings. The highest BCUT2D eigenvalue weighted by Crippen LogP contribution is 2.41. The van der Waals surface area contributed by atoms with Gasteiger partial charge in [0.15, 0.2) is 0 Å². The lowest BCUT2D eigenvalue weighted by Gasteiger charge is -2.32. The molecule has 0 radical (unpaired) electrons. The lowest BCUT2D eigenvalue weighted by atomic mass is 9.80. The third kappa shape index (κ3) is 5.96. The monoisotopic (exact) mass is 534 g/mol. The van der Waals surface area contributed by atoms with Crippen LogP contribution in [0.25, 0.3) is 0 Å². The van der Waals surface area contributed by atoms with Crippen LogP contribution in [0.1, 0.15) is 44.2 Å². The van der Waals surface area contributed by atoms with Crippen LogP contribution in [0.5, 0.6) is 0 Å². The molecule has 2 heterocycles. The van der Waals surface area contributed by atoms with Crippen molar-refractivity contribution < 1.29 is 24.0 Å². The van der Waals surface area contributed by atoms with Crippen molar-refractivity contribution in [1.82, 2.24) is 10.2 Å². The van der Waals surface area contributed by atoms with E-state index in [2.05, 4.69) is 27.7 Å². The van der Waals surface area contributed by atoms with E-state index < -0.39 is 28.4 Å². The van der Waals surface area contributed by atoms with Crippen molar-refractivity contribution in [2.45, 2.75) is 45.3 Å². The van der Waals surface area contributed by atoms with Gasteiger partial charge >= 0.3 is 11.9 Å². The van der Waals surface area contributed by atoms with Gasteiger partial charge in [-0.3, -0.25) is 15.0 Å². The third-order valence-corrected chi connectivity index (χ3v) is 7.30. The Labute approximate surface area is 227 Å². The normalized spacial score (nSPS) is 21.4. The summed E-state index contributed by atoms with van der Waals surface area (Å²) in [4.78, 5) is 39.9. The van der Waals surface area contributed by atoms with Gasteiger partial charge in [0.2, 0.25) is 0 Å². The number of benzene rings is 2. The molecule has 2 aliphatic rings. The van der Waals surface area contributed by atoms with Gasteiger partial charge in [0, 0.05) is 62.3 Å².